The highest BCUT2D eigenvalue weighted by atomic mass is 32.2. The Bertz CT molecular complexity index is 743. The first-order chi connectivity index (χ1) is 9.79. The van der Waals surface area contributed by atoms with Crippen LogP contribution < -0.4 is 4.72 Å². The number of nitrogens with one attached hydrogen (secondary N) is 1. The summed E-state index contributed by atoms with van der Waals surface area (Å²) in [6.45, 7) is 3.18. The molecule has 0 radical (unpaired) electrons. The van der Waals surface area contributed by atoms with Gasteiger partial charge in [-0.1, -0.05) is 12.1 Å². The normalized spacial score (nSPS) is 13.1. The zero-order valence-electron chi connectivity index (χ0n) is 11.6. The van der Waals surface area contributed by atoms with Gasteiger partial charge < -0.3 is 0 Å². The van der Waals surface area contributed by atoms with Gasteiger partial charge in [-0.15, -0.1) is 0 Å². The van der Waals surface area contributed by atoms with Gasteiger partial charge in [0.2, 0.25) is 10.0 Å². The highest BCUT2D eigenvalue weighted by Crippen LogP contribution is 2.20. The molecule has 3 nitrogen and oxygen atoms in total. The molecule has 0 aromatic heterocycles. The topological polar surface area (TPSA) is 46.2 Å². The maximum atomic E-state index is 13.1. The molecule has 2 aromatic rings. The van der Waals surface area contributed by atoms with Crippen LogP contribution in [0.15, 0.2) is 47.4 Å². The van der Waals surface area contributed by atoms with Crippen molar-refractivity contribution < 1.29 is 17.2 Å². The summed E-state index contributed by atoms with van der Waals surface area (Å²) in [5.74, 6) is -0.874. The Morgan fingerprint density at radius 3 is 2.14 bits per heavy atom. The molecule has 0 aliphatic carbocycles. The van der Waals surface area contributed by atoms with E-state index in [1.165, 1.54) is 37.3 Å². The summed E-state index contributed by atoms with van der Waals surface area (Å²) in [5.41, 5.74) is 0.966. The molecular formula is C15H15F2NO2S. The van der Waals surface area contributed by atoms with E-state index in [0.29, 0.717) is 11.1 Å². The van der Waals surface area contributed by atoms with Crippen molar-refractivity contribution in [1.82, 2.24) is 4.72 Å². The molecule has 0 aliphatic rings. The maximum absolute atomic E-state index is 13.1. The monoisotopic (exact) mass is 311 g/mol. The van der Waals surface area contributed by atoms with E-state index < -0.39 is 21.9 Å². The second kappa shape index (κ2) is 5.91. The van der Waals surface area contributed by atoms with E-state index in [1.807, 2.05) is 0 Å². The van der Waals surface area contributed by atoms with Gasteiger partial charge in [0.1, 0.15) is 11.6 Å². The number of rotatable bonds is 4. The van der Waals surface area contributed by atoms with E-state index in [2.05, 4.69) is 4.72 Å². The van der Waals surface area contributed by atoms with Gasteiger partial charge in [-0.2, -0.15) is 0 Å². The van der Waals surface area contributed by atoms with E-state index in [4.69, 9.17) is 0 Å². The molecule has 0 aliphatic heterocycles. The van der Waals surface area contributed by atoms with E-state index in [1.54, 1.807) is 6.92 Å². The number of halogens is 2. The SMILES string of the molecule is Cc1cc(F)ccc1S(=O)(=O)N[C@@H](C)c1ccc(F)cc1. The zero-order valence-corrected chi connectivity index (χ0v) is 12.4. The summed E-state index contributed by atoms with van der Waals surface area (Å²) < 4.78 is 53.0. The van der Waals surface area contributed by atoms with Crippen molar-refractivity contribution in [3.63, 3.8) is 0 Å². The van der Waals surface area contributed by atoms with Gasteiger partial charge in [0.25, 0.3) is 0 Å². The molecule has 0 saturated heterocycles. The lowest BCUT2D eigenvalue weighted by Crippen LogP contribution is -2.27. The Hall–Kier alpha value is -1.79. The highest BCUT2D eigenvalue weighted by molar-refractivity contribution is 7.89. The average Bonchev–Trinajstić information content (AvgIpc) is 2.38. The molecule has 6 heteroatoms. The zero-order chi connectivity index (χ0) is 15.6. The summed E-state index contributed by atoms with van der Waals surface area (Å²) in [6.07, 6.45) is 0. The molecule has 0 saturated carbocycles. The van der Waals surface area contributed by atoms with Gasteiger partial charge in [0, 0.05) is 6.04 Å². The largest absolute Gasteiger partial charge is 0.241 e. The Balaban J connectivity index is 2.26. The van der Waals surface area contributed by atoms with Gasteiger partial charge in [0.15, 0.2) is 0 Å². The Kier molecular flexibility index (Phi) is 4.39. The number of hydrogen-bond donors (Lipinski definition) is 1. The van der Waals surface area contributed by atoms with E-state index in [9.17, 15) is 17.2 Å². The summed E-state index contributed by atoms with van der Waals surface area (Å²) in [6, 6.07) is 8.53. The summed E-state index contributed by atoms with van der Waals surface area (Å²) in [4.78, 5) is 0.0258. The number of hydrogen-bond acceptors (Lipinski definition) is 2. The van der Waals surface area contributed by atoms with Gasteiger partial charge >= 0.3 is 0 Å². The molecule has 0 unspecified atom stereocenters. The molecule has 112 valence electrons. The fourth-order valence-electron chi connectivity index (χ4n) is 2.03. The summed E-state index contributed by atoms with van der Waals surface area (Å²) >= 11 is 0. The van der Waals surface area contributed by atoms with Crippen LogP contribution in [0.4, 0.5) is 8.78 Å². The van der Waals surface area contributed by atoms with Crippen molar-refractivity contribution in [3.05, 3.63) is 65.2 Å². The smallest absolute Gasteiger partial charge is 0.207 e. The lowest BCUT2D eigenvalue weighted by molar-refractivity contribution is 0.565. The summed E-state index contributed by atoms with van der Waals surface area (Å²) in [7, 11) is -3.78. The highest BCUT2D eigenvalue weighted by Gasteiger charge is 2.20. The van der Waals surface area contributed by atoms with Crippen LogP contribution in [0.2, 0.25) is 0 Å². The van der Waals surface area contributed by atoms with Crippen molar-refractivity contribution in [3.8, 4) is 0 Å². The third-order valence-corrected chi connectivity index (χ3v) is 4.83. The summed E-state index contributed by atoms with van der Waals surface area (Å²) in [5, 5.41) is 0. The lowest BCUT2D eigenvalue weighted by Gasteiger charge is -2.16. The molecule has 2 rings (SSSR count). The van der Waals surface area contributed by atoms with Gasteiger partial charge in [-0.05, 0) is 55.3 Å². The molecular weight excluding hydrogens is 296 g/mol. The first-order valence-electron chi connectivity index (χ1n) is 6.33. The van der Waals surface area contributed by atoms with Crippen LogP contribution >= 0.6 is 0 Å². The molecule has 0 heterocycles. The molecule has 1 N–H and O–H groups in total. The van der Waals surface area contributed by atoms with Crippen LogP contribution in [0.25, 0.3) is 0 Å². The molecule has 0 spiro atoms. The first kappa shape index (κ1) is 15.6. The minimum atomic E-state index is -3.78. The van der Waals surface area contributed by atoms with Crippen molar-refractivity contribution in [1.29, 1.82) is 0 Å². The van der Waals surface area contributed by atoms with Crippen molar-refractivity contribution in [2.75, 3.05) is 0 Å². The van der Waals surface area contributed by atoms with Crippen LogP contribution in [0.1, 0.15) is 24.1 Å². The van der Waals surface area contributed by atoms with Crippen molar-refractivity contribution >= 4 is 10.0 Å². The average molecular weight is 311 g/mol. The fourth-order valence-corrected chi connectivity index (χ4v) is 3.49. The molecule has 2 aromatic carbocycles. The van der Waals surface area contributed by atoms with Gasteiger partial charge in [0.05, 0.1) is 4.90 Å². The third kappa shape index (κ3) is 3.65. The third-order valence-electron chi connectivity index (χ3n) is 3.13. The predicted octanol–water partition coefficient (Wildman–Crippen LogP) is 3.31. The fraction of sp³-hybridized carbons (Fsp3) is 0.200. The van der Waals surface area contributed by atoms with E-state index >= 15 is 0 Å². The van der Waals surface area contributed by atoms with Crippen molar-refractivity contribution in [2.24, 2.45) is 0 Å². The predicted molar refractivity (Wildman–Crippen MR) is 76.3 cm³/mol. The van der Waals surface area contributed by atoms with Gasteiger partial charge in [-0.25, -0.2) is 21.9 Å². The van der Waals surface area contributed by atoms with Crippen molar-refractivity contribution in [2.45, 2.75) is 24.8 Å². The van der Waals surface area contributed by atoms with E-state index in [-0.39, 0.29) is 10.7 Å². The van der Waals surface area contributed by atoms with E-state index in [0.717, 1.165) is 12.1 Å². The minimum absolute atomic E-state index is 0.0258. The van der Waals surface area contributed by atoms with Crippen LogP contribution in [0.5, 0.6) is 0 Å². The number of benzene rings is 2. The Morgan fingerprint density at radius 1 is 1.00 bits per heavy atom. The second-order valence-electron chi connectivity index (χ2n) is 4.80. The standard InChI is InChI=1S/C15H15F2NO2S/c1-10-9-14(17)7-8-15(10)21(19,20)18-11(2)12-3-5-13(16)6-4-12/h3-9,11,18H,1-2H3/t11-/m0/s1. The second-order valence-corrected chi connectivity index (χ2v) is 6.49. The quantitative estimate of drug-likeness (QED) is 0.941. The molecule has 1 atom stereocenters. The lowest BCUT2D eigenvalue weighted by atomic mass is 10.1. The number of aryl methyl sites for hydroxylation is 1. The maximum Gasteiger partial charge on any atom is 0.241 e. The molecule has 0 fully saturated rings. The molecule has 0 amide bonds. The van der Waals surface area contributed by atoms with Crippen LogP contribution in [-0.2, 0) is 10.0 Å². The van der Waals surface area contributed by atoms with Crippen LogP contribution in [0, 0.1) is 18.6 Å². The Labute approximate surface area is 122 Å². The first-order valence-corrected chi connectivity index (χ1v) is 7.82. The van der Waals surface area contributed by atoms with Crippen LogP contribution in [-0.4, -0.2) is 8.42 Å². The van der Waals surface area contributed by atoms with Gasteiger partial charge in [-0.3, -0.25) is 0 Å². The molecule has 21 heavy (non-hydrogen) atoms. The van der Waals surface area contributed by atoms with Crippen LogP contribution in [0.3, 0.4) is 0 Å². The number of sulfonamides is 1. The Morgan fingerprint density at radius 2 is 1.57 bits per heavy atom. The molecule has 0 bridgehead atoms. The minimum Gasteiger partial charge on any atom is -0.207 e.